The summed E-state index contributed by atoms with van der Waals surface area (Å²) < 4.78 is 2.18. The third-order valence-electron chi connectivity index (χ3n) is 3.46. The highest BCUT2D eigenvalue weighted by molar-refractivity contribution is 5.78. The molecule has 0 saturated carbocycles. The van der Waals surface area contributed by atoms with Gasteiger partial charge in [0.2, 0.25) is 0 Å². The van der Waals surface area contributed by atoms with Gasteiger partial charge in [-0.15, -0.1) is 0 Å². The lowest BCUT2D eigenvalue weighted by Gasteiger charge is -2.15. The lowest BCUT2D eigenvalue weighted by molar-refractivity contribution is 0.517. The van der Waals surface area contributed by atoms with Crippen molar-refractivity contribution in [1.82, 2.24) is 9.88 Å². The fourth-order valence-corrected chi connectivity index (χ4v) is 2.57. The Balaban J connectivity index is 2.04. The van der Waals surface area contributed by atoms with Crippen molar-refractivity contribution in [2.45, 2.75) is 25.4 Å². The van der Waals surface area contributed by atoms with E-state index in [-0.39, 0.29) is 5.43 Å². The zero-order valence-electron chi connectivity index (χ0n) is 9.73. The molecule has 1 N–H and O–H groups in total. The van der Waals surface area contributed by atoms with Crippen molar-refractivity contribution >= 4 is 10.9 Å². The van der Waals surface area contributed by atoms with Gasteiger partial charge in [-0.2, -0.15) is 0 Å². The maximum Gasteiger partial charge on any atom is 0.189 e. The maximum absolute atomic E-state index is 11.7. The number of hydrogen-bond donors (Lipinski definition) is 1. The first-order valence-corrected chi connectivity index (χ1v) is 6.16. The van der Waals surface area contributed by atoms with Gasteiger partial charge in [0.25, 0.3) is 0 Å². The van der Waals surface area contributed by atoms with Crippen LogP contribution in [0, 0.1) is 0 Å². The van der Waals surface area contributed by atoms with Crippen LogP contribution in [-0.4, -0.2) is 17.2 Å². The Morgan fingerprint density at radius 1 is 1.29 bits per heavy atom. The van der Waals surface area contributed by atoms with Crippen LogP contribution < -0.4 is 10.7 Å². The molecule has 88 valence electrons. The predicted octanol–water partition coefficient (Wildman–Crippen LogP) is 1.75. The van der Waals surface area contributed by atoms with Crippen LogP contribution in [0.2, 0.25) is 0 Å². The molecule has 17 heavy (non-hydrogen) atoms. The summed E-state index contributed by atoms with van der Waals surface area (Å²) in [4.78, 5) is 11.7. The number of benzene rings is 1. The maximum atomic E-state index is 11.7. The summed E-state index contributed by atoms with van der Waals surface area (Å²) in [6, 6.07) is 10.0. The lowest BCUT2D eigenvalue weighted by atomic mass is 10.2. The van der Waals surface area contributed by atoms with Crippen LogP contribution in [0.5, 0.6) is 0 Å². The summed E-state index contributed by atoms with van der Waals surface area (Å²) in [5.74, 6) is 0. The van der Waals surface area contributed by atoms with Crippen LogP contribution >= 0.6 is 0 Å². The normalized spacial score (nSPS) is 19.9. The van der Waals surface area contributed by atoms with E-state index in [4.69, 9.17) is 0 Å². The minimum atomic E-state index is 0.108. The Kier molecular flexibility index (Phi) is 2.69. The molecule has 3 nitrogen and oxygen atoms in total. The number of nitrogens with one attached hydrogen (secondary N) is 1. The SMILES string of the molecule is O=c1ccn(C[C@H]2CCCN2)c2ccccc12. The Hall–Kier alpha value is -1.61. The minimum absolute atomic E-state index is 0.108. The van der Waals surface area contributed by atoms with Gasteiger partial charge < -0.3 is 9.88 Å². The van der Waals surface area contributed by atoms with Crippen molar-refractivity contribution in [3.05, 3.63) is 46.8 Å². The van der Waals surface area contributed by atoms with Crippen LogP contribution in [0.3, 0.4) is 0 Å². The fraction of sp³-hybridized carbons (Fsp3) is 0.357. The zero-order chi connectivity index (χ0) is 11.7. The van der Waals surface area contributed by atoms with Gasteiger partial charge in [-0.05, 0) is 31.5 Å². The topological polar surface area (TPSA) is 34.0 Å². The van der Waals surface area contributed by atoms with E-state index in [1.165, 1.54) is 12.8 Å². The first-order chi connectivity index (χ1) is 8.34. The molecule has 3 heteroatoms. The van der Waals surface area contributed by atoms with Gasteiger partial charge in [0.1, 0.15) is 0 Å². The zero-order valence-corrected chi connectivity index (χ0v) is 9.73. The molecule has 0 aliphatic carbocycles. The number of nitrogens with zero attached hydrogens (tertiary/aromatic N) is 1. The van der Waals surface area contributed by atoms with E-state index in [2.05, 4.69) is 9.88 Å². The third kappa shape index (κ3) is 1.98. The predicted molar refractivity (Wildman–Crippen MR) is 69.2 cm³/mol. The van der Waals surface area contributed by atoms with Gasteiger partial charge >= 0.3 is 0 Å². The molecule has 0 bridgehead atoms. The molecule has 2 heterocycles. The number of pyridine rings is 1. The third-order valence-corrected chi connectivity index (χ3v) is 3.46. The summed E-state index contributed by atoms with van der Waals surface area (Å²) in [7, 11) is 0. The van der Waals surface area contributed by atoms with Crippen LogP contribution in [0.1, 0.15) is 12.8 Å². The van der Waals surface area contributed by atoms with E-state index >= 15 is 0 Å². The van der Waals surface area contributed by atoms with E-state index in [0.717, 1.165) is 24.0 Å². The fourth-order valence-electron chi connectivity index (χ4n) is 2.57. The number of hydrogen-bond acceptors (Lipinski definition) is 2. The van der Waals surface area contributed by atoms with Crippen LogP contribution in [0.4, 0.5) is 0 Å². The molecule has 1 aromatic heterocycles. The van der Waals surface area contributed by atoms with Crippen LogP contribution in [0.15, 0.2) is 41.3 Å². The quantitative estimate of drug-likeness (QED) is 0.849. The van der Waals surface area contributed by atoms with Crippen molar-refractivity contribution in [3.8, 4) is 0 Å². The van der Waals surface area contributed by atoms with Crippen molar-refractivity contribution in [3.63, 3.8) is 0 Å². The van der Waals surface area contributed by atoms with Gasteiger partial charge in [0, 0.05) is 30.2 Å². The first kappa shape index (κ1) is 10.5. The molecule has 1 aromatic carbocycles. The minimum Gasteiger partial charge on any atom is -0.346 e. The molecule has 1 fully saturated rings. The van der Waals surface area contributed by atoms with Gasteiger partial charge in [-0.25, -0.2) is 0 Å². The Morgan fingerprint density at radius 3 is 3.00 bits per heavy atom. The van der Waals surface area contributed by atoms with E-state index < -0.39 is 0 Å². The lowest BCUT2D eigenvalue weighted by Crippen LogP contribution is -2.27. The molecule has 0 unspecified atom stereocenters. The van der Waals surface area contributed by atoms with Crippen molar-refractivity contribution in [2.75, 3.05) is 6.54 Å². The first-order valence-electron chi connectivity index (χ1n) is 6.16. The van der Waals surface area contributed by atoms with Crippen molar-refractivity contribution < 1.29 is 0 Å². The molecule has 0 radical (unpaired) electrons. The average molecular weight is 228 g/mol. The molecular weight excluding hydrogens is 212 g/mol. The summed E-state index contributed by atoms with van der Waals surface area (Å²) in [5, 5.41) is 4.30. The number of fused-ring (bicyclic) bond motifs is 1. The van der Waals surface area contributed by atoms with Crippen LogP contribution in [-0.2, 0) is 6.54 Å². The van der Waals surface area contributed by atoms with Gasteiger partial charge in [0.15, 0.2) is 5.43 Å². The number of para-hydroxylation sites is 1. The molecular formula is C14H16N2O. The highest BCUT2D eigenvalue weighted by Crippen LogP contribution is 2.13. The number of rotatable bonds is 2. The molecule has 1 saturated heterocycles. The second kappa shape index (κ2) is 4.34. The summed E-state index contributed by atoms with van der Waals surface area (Å²) in [5.41, 5.74) is 1.14. The molecule has 0 amide bonds. The van der Waals surface area contributed by atoms with Crippen LogP contribution in [0.25, 0.3) is 10.9 Å². The average Bonchev–Trinajstić information content (AvgIpc) is 2.86. The number of aromatic nitrogens is 1. The van der Waals surface area contributed by atoms with E-state index in [9.17, 15) is 4.79 Å². The Labute approximate surface area is 100 Å². The molecule has 1 atom stereocenters. The summed E-state index contributed by atoms with van der Waals surface area (Å²) in [6.07, 6.45) is 4.38. The second-order valence-electron chi connectivity index (χ2n) is 4.64. The van der Waals surface area contributed by atoms with Gasteiger partial charge in [0.05, 0.1) is 5.52 Å². The summed E-state index contributed by atoms with van der Waals surface area (Å²) >= 11 is 0. The monoisotopic (exact) mass is 228 g/mol. The molecule has 1 aliphatic rings. The van der Waals surface area contributed by atoms with E-state index in [1.807, 2.05) is 30.5 Å². The second-order valence-corrected chi connectivity index (χ2v) is 4.64. The largest absolute Gasteiger partial charge is 0.346 e. The standard InChI is InChI=1S/C14H16N2O/c17-14-7-9-16(10-11-4-3-8-15-11)13-6-2-1-5-12(13)14/h1-2,5-7,9,11,15H,3-4,8,10H2/t11-/m1/s1. The Bertz CT molecular complexity index is 582. The summed E-state index contributed by atoms with van der Waals surface area (Å²) in [6.45, 7) is 2.06. The van der Waals surface area contributed by atoms with E-state index in [0.29, 0.717) is 6.04 Å². The molecule has 0 spiro atoms. The Morgan fingerprint density at radius 2 is 2.18 bits per heavy atom. The van der Waals surface area contributed by atoms with Crippen molar-refractivity contribution in [2.24, 2.45) is 0 Å². The van der Waals surface area contributed by atoms with Gasteiger partial charge in [-0.1, -0.05) is 12.1 Å². The van der Waals surface area contributed by atoms with E-state index in [1.54, 1.807) is 6.07 Å². The van der Waals surface area contributed by atoms with Gasteiger partial charge in [-0.3, -0.25) is 4.79 Å². The molecule has 3 rings (SSSR count). The highest BCUT2D eigenvalue weighted by atomic mass is 16.1. The molecule has 2 aromatic rings. The smallest absolute Gasteiger partial charge is 0.189 e. The van der Waals surface area contributed by atoms with Crippen molar-refractivity contribution in [1.29, 1.82) is 0 Å². The highest BCUT2D eigenvalue weighted by Gasteiger charge is 2.14. The molecule has 1 aliphatic heterocycles.